The van der Waals surface area contributed by atoms with E-state index in [9.17, 15) is 4.79 Å². The van der Waals surface area contributed by atoms with Gasteiger partial charge in [0.15, 0.2) is 6.29 Å². The lowest BCUT2D eigenvalue weighted by molar-refractivity contribution is 0.106. The Labute approximate surface area is 109 Å². The molecule has 0 saturated carbocycles. The van der Waals surface area contributed by atoms with Gasteiger partial charge in [0.2, 0.25) is 0 Å². The van der Waals surface area contributed by atoms with Crippen LogP contribution in [0.25, 0.3) is 0 Å². The molecular weight excluding hydrogens is 267 g/mol. The molecule has 0 aliphatic rings. The van der Waals surface area contributed by atoms with Crippen LogP contribution in [0.1, 0.15) is 10.4 Å². The average molecular weight is 279 g/mol. The second kappa shape index (κ2) is 6.81. The SMILES string of the molecule is O=Cc1c(Cl)cc(OCC(CO)CO)cc1Cl. The van der Waals surface area contributed by atoms with Crippen LogP contribution in [0.2, 0.25) is 10.0 Å². The quantitative estimate of drug-likeness (QED) is 0.779. The van der Waals surface area contributed by atoms with Gasteiger partial charge in [0, 0.05) is 5.92 Å². The van der Waals surface area contributed by atoms with Crippen molar-refractivity contribution < 1.29 is 19.7 Å². The monoisotopic (exact) mass is 278 g/mol. The third kappa shape index (κ3) is 3.85. The van der Waals surface area contributed by atoms with Gasteiger partial charge in [0.05, 0.1) is 35.4 Å². The number of benzene rings is 1. The summed E-state index contributed by atoms with van der Waals surface area (Å²) < 4.78 is 5.31. The lowest BCUT2D eigenvalue weighted by Gasteiger charge is -2.13. The van der Waals surface area contributed by atoms with Crippen molar-refractivity contribution in [1.82, 2.24) is 0 Å². The Balaban J connectivity index is 2.76. The Morgan fingerprint density at radius 2 is 1.76 bits per heavy atom. The van der Waals surface area contributed by atoms with Gasteiger partial charge in [0.1, 0.15) is 5.75 Å². The molecule has 4 nitrogen and oxygen atoms in total. The summed E-state index contributed by atoms with van der Waals surface area (Å²) in [5.74, 6) is 0.0239. The van der Waals surface area contributed by atoms with Crippen LogP contribution in [0, 0.1) is 5.92 Å². The number of aliphatic hydroxyl groups is 2. The van der Waals surface area contributed by atoms with Gasteiger partial charge in [0.25, 0.3) is 0 Å². The molecule has 0 aliphatic heterocycles. The van der Waals surface area contributed by atoms with E-state index in [-0.39, 0.29) is 41.3 Å². The summed E-state index contributed by atoms with van der Waals surface area (Å²) in [7, 11) is 0. The van der Waals surface area contributed by atoms with Gasteiger partial charge in [-0.1, -0.05) is 23.2 Å². The summed E-state index contributed by atoms with van der Waals surface area (Å²) in [5, 5.41) is 18.1. The first-order valence-corrected chi connectivity index (χ1v) is 5.66. The maximum atomic E-state index is 10.6. The average Bonchev–Trinajstić information content (AvgIpc) is 2.30. The highest BCUT2D eigenvalue weighted by Gasteiger charge is 2.10. The second-order valence-corrected chi connectivity index (χ2v) is 4.28. The Morgan fingerprint density at radius 1 is 1.24 bits per heavy atom. The lowest BCUT2D eigenvalue weighted by Crippen LogP contribution is -2.19. The first-order chi connectivity index (χ1) is 8.12. The van der Waals surface area contributed by atoms with Gasteiger partial charge in [-0.15, -0.1) is 0 Å². The van der Waals surface area contributed by atoms with Crippen LogP contribution in [-0.4, -0.2) is 36.3 Å². The molecule has 1 rings (SSSR count). The van der Waals surface area contributed by atoms with Crippen molar-refractivity contribution in [3.63, 3.8) is 0 Å². The molecule has 0 saturated heterocycles. The summed E-state index contributed by atoms with van der Waals surface area (Å²) in [6.07, 6.45) is 0.568. The van der Waals surface area contributed by atoms with Crippen molar-refractivity contribution in [2.75, 3.05) is 19.8 Å². The predicted octanol–water partition coefficient (Wildman–Crippen LogP) is 1.79. The summed E-state index contributed by atoms with van der Waals surface area (Å²) in [4.78, 5) is 10.6. The predicted molar refractivity (Wildman–Crippen MR) is 65.0 cm³/mol. The standard InChI is InChI=1S/C11H12Cl2O4/c12-10-1-8(2-11(13)9(10)5-16)17-6-7(3-14)4-15/h1-2,5,7,14-15H,3-4,6H2. The number of rotatable bonds is 6. The van der Waals surface area contributed by atoms with Gasteiger partial charge in [-0.2, -0.15) is 0 Å². The van der Waals surface area contributed by atoms with Crippen LogP contribution in [0.3, 0.4) is 0 Å². The van der Waals surface area contributed by atoms with E-state index in [4.69, 9.17) is 38.2 Å². The molecule has 94 valence electrons. The summed E-state index contributed by atoms with van der Waals surface area (Å²) in [5.41, 5.74) is 0.210. The van der Waals surface area contributed by atoms with E-state index in [1.807, 2.05) is 0 Å². The van der Waals surface area contributed by atoms with Crippen LogP contribution < -0.4 is 4.74 Å². The number of aliphatic hydroxyl groups excluding tert-OH is 2. The zero-order chi connectivity index (χ0) is 12.8. The molecule has 0 atom stereocenters. The minimum absolute atomic E-state index is 0.139. The van der Waals surface area contributed by atoms with Crippen LogP contribution in [0.15, 0.2) is 12.1 Å². The van der Waals surface area contributed by atoms with Crippen molar-refractivity contribution in [3.05, 3.63) is 27.7 Å². The number of ether oxygens (including phenoxy) is 1. The van der Waals surface area contributed by atoms with Crippen LogP contribution in [-0.2, 0) is 0 Å². The molecule has 0 spiro atoms. The smallest absolute Gasteiger partial charge is 0.153 e. The molecule has 6 heteroatoms. The van der Waals surface area contributed by atoms with Crippen molar-refractivity contribution >= 4 is 29.5 Å². The molecule has 17 heavy (non-hydrogen) atoms. The molecule has 1 aromatic carbocycles. The molecule has 0 bridgehead atoms. The van der Waals surface area contributed by atoms with Gasteiger partial charge < -0.3 is 14.9 Å². The highest BCUT2D eigenvalue weighted by atomic mass is 35.5. The number of carbonyl (C=O) groups is 1. The van der Waals surface area contributed by atoms with E-state index in [0.717, 1.165) is 0 Å². The Hall–Kier alpha value is -0.810. The fraction of sp³-hybridized carbons (Fsp3) is 0.364. The summed E-state index contributed by atoms with van der Waals surface area (Å²) >= 11 is 11.6. The third-order valence-electron chi connectivity index (χ3n) is 2.17. The molecule has 0 radical (unpaired) electrons. The molecule has 2 N–H and O–H groups in total. The fourth-order valence-corrected chi connectivity index (χ4v) is 1.69. The number of hydrogen-bond donors (Lipinski definition) is 2. The van der Waals surface area contributed by atoms with Crippen LogP contribution >= 0.6 is 23.2 Å². The topological polar surface area (TPSA) is 66.8 Å². The summed E-state index contributed by atoms with van der Waals surface area (Å²) in [6, 6.07) is 2.92. The van der Waals surface area contributed by atoms with Crippen LogP contribution in [0.5, 0.6) is 5.75 Å². The zero-order valence-electron chi connectivity index (χ0n) is 8.90. The second-order valence-electron chi connectivity index (χ2n) is 3.46. The van der Waals surface area contributed by atoms with Crippen molar-refractivity contribution in [3.8, 4) is 5.75 Å². The van der Waals surface area contributed by atoms with E-state index < -0.39 is 0 Å². The van der Waals surface area contributed by atoms with E-state index >= 15 is 0 Å². The maximum absolute atomic E-state index is 10.6. The molecule has 0 amide bonds. The van der Waals surface area contributed by atoms with Gasteiger partial charge in [-0.3, -0.25) is 4.79 Å². The van der Waals surface area contributed by atoms with Crippen molar-refractivity contribution in [2.45, 2.75) is 0 Å². The first-order valence-electron chi connectivity index (χ1n) is 4.91. The molecule has 0 aromatic heterocycles. The zero-order valence-corrected chi connectivity index (χ0v) is 10.4. The molecule has 0 unspecified atom stereocenters. The van der Waals surface area contributed by atoms with Crippen molar-refractivity contribution in [1.29, 1.82) is 0 Å². The fourth-order valence-electron chi connectivity index (χ4n) is 1.13. The highest BCUT2D eigenvalue weighted by Crippen LogP contribution is 2.29. The first kappa shape index (κ1) is 14.3. The molecule has 1 aromatic rings. The van der Waals surface area contributed by atoms with Gasteiger partial charge in [-0.25, -0.2) is 0 Å². The highest BCUT2D eigenvalue weighted by molar-refractivity contribution is 6.38. The van der Waals surface area contributed by atoms with Crippen LogP contribution in [0.4, 0.5) is 0 Å². The minimum atomic E-state index is -0.363. The number of aldehydes is 1. The Morgan fingerprint density at radius 3 is 2.18 bits per heavy atom. The van der Waals surface area contributed by atoms with Crippen molar-refractivity contribution in [2.24, 2.45) is 5.92 Å². The molecule has 0 heterocycles. The van der Waals surface area contributed by atoms with E-state index in [1.54, 1.807) is 0 Å². The molecule has 0 fully saturated rings. The molecular formula is C11H12Cl2O4. The van der Waals surface area contributed by atoms with Gasteiger partial charge >= 0.3 is 0 Å². The Bertz CT molecular complexity index is 368. The minimum Gasteiger partial charge on any atom is -0.493 e. The lowest BCUT2D eigenvalue weighted by atomic mass is 10.2. The van der Waals surface area contributed by atoms with E-state index in [2.05, 4.69) is 0 Å². The normalized spacial score (nSPS) is 10.6. The number of carbonyl (C=O) groups excluding carboxylic acids is 1. The molecule has 0 aliphatic carbocycles. The Kier molecular flexibility index (Phi) is 5.71. The summed E-state index contributed by atoms with van der Waals surface area (Å²) in [6.45, 7) is -0.213. The largest absolute Gasteiger partial charge is 0.493 e. The number of halogens is 2. The van der Waals surface area contributed by atoms with E-state index in [1.165, 1.54) is 12.1 Å². The van der Waals surface area contributed by atoms with Gasteiger partial charge in [-0.05, 0) is 12.1 Å². The maximum Gasteiger partial charge on any atom is 0.153 e. The third-order valence-corrected chi connectivity index (χ3v) is 2.80. The van der Waals surface area contributed by atoms with E-state index in [0.29, 0.717) is 12.0 Å². The number of hydrogen-bond acceptors (Lipinski definition) is 4.